The minimum Gasteiger partial charge on any atom is -0.351 e. The van der Waals surface area contributed by atoms with Crippen LogP contribution in [-0.2, 0) is 4.79 Å². The first-order chi connectivity index (χ1) is 9.33. The SMILES string of the molecule is CCN(CC)CCNC(=O)C(=C(C)C)/C(C)=C/C(C)C. The van der Waals surface area contributed by atoms with Gasteiger partial charge in [-0.1, -0.05) is 39.3 Å². The zero-order chi connectivity index (χ0) is 15.7. The highest BCUT2D eigenvalue weighted by Crippen LogP contribution is 2.16. The van der Waals surface area contributed by atoms with Crippen molar-refractivity contribution < 1.29 is 4.79 Å². The lowest BCUT2D eigenvalue weighted by atomic mass is 9.98. The topological polar surface area (TPSA) is 32.3 Å². The van der Waals surface area contributed by atoms with Crippen LogP contribution in [0.5, 0.6) is 0 Å². The number of carbonyl (C=O) groups is 1. The van der Waals surface area contributed by atoms with Gasteiger partial charge in [-0.3, -0.25) is 4.79 Å². The Balaban J connectivity index is 4.67. The van der Waals surface area contributed by atoms with E-state index >= 15 is 0 Å². The first kappa shape index (κ1) is 18.9. The first-order valence-corrected chi connectivity index (χ1v) is 7.70. The standard InChI is InChI=1S/C17H32N2O/c1-8-19(9-2)11-10-18-17(20)16(14(5)6)15(7)12-13(3)4/h12-13H,8-11H2,1-7H3,(H,18,20)/b15-12+. The fourth-order valence-electron chi connectivity index (χ4n) is 2.34. The van der Waals surface area contributed by atoms with Crippen LogP contribution < -0.4 is 5.32 Å². The van der Waals surface area contributed by atoms with E-state index in [2.05, 4.69) is 44.0 Å². The molecule has 0 spiro atoms. The number of amides is 1. The highest BCUT2D eigenvalue weighted by molar-refractivity contribution is 5.98. The lowest BCUT2D eigenvalue weighted by Crippen LogP contribution is -2.35. The van der Waals surface area contributed by atoms with Crippen molar-refractivity contribution in [1.82, 2.24) is 10.2 Å². The van der Waals surface area contributed by atoms with Gasteiger partial charge in [0.2, 0.25) is 0 Å². The van der Waals surface area contributed by atoms with Gasteiger partial charge in [-0.2, -0.15) is 0 Å². The van der Waals surface area contributed by atoms with E-state index in [1.54, 1.807) is 0 Å². The Hall–Kier alpha value is -1.09. The Bertz CT molecular complexity index is 359. The van der Waals surface area contributed by atoms with Crippen LogP contribution in [-0.4, -0.2) is 37.0 Å². The molecule has 3 heteroatoms. The molecule has 0 aliphatic carbocycles. The normalized spacial score (nSPS) is 11.9. The van der Waals surface area contributed by atoms with Crippen LogP contribution in [0.15, 0.2) is 22.8 Å². The summed E-state index contributed by atoms with van der Waals surface area (Å²) in [4.78, 5) is 14.6. The van der Waals surface area contributed by atoms with E-state index in [4.69, 9.17) is 0 Å². The summed E-state index contributed by atoms with van der Waals surface area (Å²) in [6.45, 7) is 18.2. The van der Waals surface area contributed by atoms with E-state index in [1.165, 1.54) is 0 Å². The zero-order valence-electron chi connectivity index (χ0n) is 14.3. The predicted octanol–water partition coefficient (Wildman–Crippen LogP) is 3.38. The van der Waals surface area contributed by atoms with Gasteiger partial charge >= 0.3 is 0 Å². The maximum atomic E-state index is 12.3. The molecule has 3 nitrogen and oxygen atoms in total. The van der Waals surface area contributed by atoms with Gasteiger partial charge in [-0.15, -0.1) is 0 Å². The van der Waals surface area contributed by atoms with Crippen LogP contribution in [0.3, 0.4) is 0 Å². The third-order valence-corrected chi connectivity index (χ3v) is 3.31. The van der Waals surface area contributed by atoms with Crippen LogP contribution in [0, 0.1) is 5.92 Å². The molecule has 0 fully saturated rings. The van der Waals surface area contributed by atoms with Crippen molar-refractivity contribution >= 4 is 5.91 Å². The van der Waals surface area contributed by atoms with Crippen LogP contribution in [0.25, 0.3) is 0 Å². The summed E-state index contributed by atoms with van der Waals surface area (Å²) in [6, 6.07) is 0. The fourth-order valence-corrected chi connectivity index (χ4v) is 2.34. The molecule has 0 atom stereocenters. The minimum absolute atomic E-state index is 0.0477. The molecule has 1 N–H and O–H groups in total. The molecule has 0 saturated heterocycles. The molecule has 0 radical (unpaired) electrons. The van der Waals surface area contributed by atoms with E-state index < -0.39 is 0 Å². The molecule has 0 rings (SSSR count). The lowest BCUT2D eigenvalue weighted by molar-refractivity contribution is -0.117. The smallest absolute Gasteiger partial charge is 0.251 e. The number of carbonyl (C=O) groups excluding carboxylic acids is 1. The second-order valence-electron chi connectivity index (χ2n) is 5.75. The number of nitrogens with one attached hydrogen (secondary N) is 1. The second-order valence-corrected chi connectivity index (χ2v) is 5.75. The Morgan fingerprint density at radius 1 is 1.15 bits per heavy atom. The Labute approximate surface area is 125 Å². The summed E-state index contributed by atoms with van der Waals surface area (Å²) >= 11 is 0. The predicted molar refractivity (Wildman–Crippen MR) is 87.8 cm³/mol. The number of nitrogens with zero attached hydrogens (tertiary/aromatic N) is 1. The van der Waals surface area contributed by atoms with Crippen LogP contribution in [0.4, 0.5) is 0 Å². The van der Waals surface area contributed by atoms with Crippen molar-refractivity contribution in [2.45, 2.75) is 48.5 Å². The number of hydrogen-bond acceptors (Lipinski definition) is 2. The molecule has 0 aliphatic heterocycles. The average Bonchev–Trinajstić information content (AvgIpc) is 2.33. The van der Waals surface area contributed by atoms with E-state index in [0.717, 1.165) is 36.4 Å². The number of likely N-dealkylation sites (N-methyl/N-ethyl adjacent to an activating group) is 1. The molecule has 0 heterocycles. The Morgan fingerprint density at radius 2 is 1.70 bits per heavy atom. The van der Waals surface area contributed by atoms with Crippen molar-refractivity contribution in [3.63, 3.8) is 0 Å². The average molecular weight is 280 g/mol. The summed E-state index contributed by atoms with van der Waals surface area (Å²) in [5.41, 5.74) is 2.97. The summed E-state index contributed by atoms with van der Waals surface area (Å²) < 4.78 is 0. The van der Waals surface area contributed by atoms with Crippen LogP contribution >= 0.6 is 0 Å². The minimum atomic E-state index is 0.0477. The summed E-state index contributed by atoms with van der Waals surface area (Å²) in [6.07, 6.45) is 2.15. The highest BCUT2D eigenvalue weighted by atomic mass is 16.1. The van der Waals surface area contributed by atoms with Gasteiger partial charge in [0.15, 0.2) is 0 Å². The maximum Gasteiger partial charge on any atom is 0.251 e. The molecular formula is C17H32N2O. The van der Waals surface area contributed by atoms with Crippen LogP contribution in [0.1, 0.15) is 48.5 Å². The number of hydrogen-bond donors (Lipinski definition) is 1. The number of rotatable bonds is 8. The van der Waals surface area contributed by atoms with Gasteiger partial charge in [-0.25, -0.2) is 0 Å². The molecule has 116 valence electrons. The molecule has 0 aromatic heterocycles. The van der Waals surface area contributed by atoms with Gasteiger partial charge in [0, 0.05) is 18.7 Å². The molecule has 1 amide bonds. The second kappa shape index (κ2) is 9.76. The Kier molecular flexibility index (Phi) is 9.23. The van der Waals surface area contributed by atoms with E-state index in [9.17, 15) is 4.79 Å². The van der Waals surface area contributed by atoms with Gasteiger partial charge in [0.1, 0.15) is 0 Å². The third kappa shape index (κ3) is 6.90. The van der Waals surface area contributed by atoms with Crippen molar-refractivity contribution in [3.8, 4) is 0 Å². The Morgan fingerprint density at radius 3 is 2.10 bits per heavy atom. The molecule has 0 bridgehead atoms. The van der Waals surface area contributed by atoms with Crippen molar-refractivity contribution in [2.24, 2.45) is 5.92 Å². The van der Waals surface area contributed by atoms with Gasteiger partial charge in [0.25, 0.3) is 5.91 Å². The molecule has 0 aromatic carbocycles. The molecular weight excluding hydrogens is 248 g/mol. The zero-order valence-corrected chi connectivity index (χ0v) is 14.3. The van der Waals surface area contributed by atoms with E-state index in [1.807, 2.05) is 20.8 Å². The van der Waals surface area contributed by atoms with E-state index in [-0.39, 0.29) is 5.91 Å². The van der Waals surface area contributed by atoms with Gasteiger partial charge < -0.3 is 10.2 Å². The van der Waals surface area contributed by atoms with E-state index in [0.29, 0.717) is 12.5 Å². The van der Waals surface area contributed by atoms with Crippen molar-refractivity contribution in [2.75, 3.05) is 26.2 Å². The summed E-state index contributed by atoms with van der Waals surface area (Å²) in [7, 11) is 0. The summed E-state index contributed by atoms with van der Waals surface area (Å²) in [5.74, 6) is 0.499. The summed E-state index contributed by atoms with van der Waals surface area (Å²) in [5, 5.41) is 3.04. The molecule has 0 aliphatic rings. The molecule has 0 saturated carbocycles. The first-order valence-electron chi connectivity index (χ1n) is 7.70. The molecule has 0 unspecified atom stereocenters. The highest BCUT2D eigenvalue weighted by Gasteiger charge is 2.13. The lowest BCUT2D eigenvalue weighted by Gasteiger charge is -2.19. The quantitative estimate of drug-likeness (QED) is 0.546. The molecule has 20 heavy (non-hydrogen) atoms. The third-order valence-electron chi connectivity index (χ3n) is 3.31. The number of allylic oxidation sites excluding steroid dienone is 2. The van der Waals surface area contributed by atoms with Crippen LogP contribution in [0.2, 0.25) is 0 Å². The monoisotopic (exact) mass is 280 g/mol. The van der Waals surface area contributed by atoms with Crippen molar-refractivity contribution in [1.29, 1.82) is 0 Å². The van der Waals surface area contributed by atoms with Crippen molar-refractivity contribution in [3.05, 3.63) is 22.8 Å². The molecule has 0 aromatic rings. The van der Waals surface area contributed by atoms with Gasteiger partial charge in [0.05, 0.1) is 0 Å². The van der Waals surface area contributed by atoms with Gasteiger partial charge in [-0.05, 0) is 45.4 Å². The fraction of sp³-hybridized carbons (Fsp3) is 0.706. The maximum absolute atomic E-state index is 12.3. The largest absolute Gasteiger partial charge is 0.351 e.